The number of urea groups is 1. The molecule has 1 aromatic rings. The van der Waals surface area contributed by atoms with E-state index < -0.39 is 24.0 Å². The Labute approximate surface area is 105 Å². The van der Waals surface area contributed by atoms with Gasteiger partial charge in [-0.1, -0.05) is 30.3 Å². The monoisotopic (exact) mass is 251 g/mol. The van der Waals surface area contributed by atoms with Crippen molar-refractivity contribution in [1.29, 1.82) is 0 Å². The van der Waals surface area contributed by atoms with Crippen LogP contribution in [0.1, 0.15) is 18.5 Å². The third-order valence-corrected chi connectivity index (χ3v) is 2.45. The SMILES string of the molecule is CC(NC(N)=O)C(=O)NC(CO)c1ccccc1. The Hall–Kier alpha value is -2.08. The number of carbonyl (C=O) groups excluding carboxylic acids is 2. The molecule has 5 N–H and O–H groups in total. The van der Waals surface area contributed by atoms with Crippen LogP contribution in [0.5, 0.6) is 0 Å². The number of nitrogens with one attached hydrogen (secondary N) is 2. The number of rotatable bonds is 5. The van der Waals surface area contributed by atoms with Crippen LogP contribution in [0.2, 0.25) is 0 Å². The summed E-state index contributed by atoms with van der Waals surface area (Å²) in [5.41, 5.74) is 5.72. The van der Waals surface area contributed by atoms with Crippen LogP contribution in [-0.4, -0.2) is 29.7 Å². The molecule has 0 heterocycles. The van der Waals surface area contributed by atoms with Gasteiger partial charge in [0.15, 0.2) is 0 Å². The summed E-state index contributed by atoms with van der Waals surface area (Å²) in [5, 5.41) is 14.2. The lowest BCUT2D eigenvalue weighted by molar-refractivity contribution is -0.123. The van der Waals surface area contributed by atoms with Crippen molar-refractivity contribution in [3.05, 3.63) is 35.9 Å². The van der Waals surface area contributed by atoms with Crippen LogP contribution in [0.25, 0.3) is 0 Å². The van der Waals surface area contributed by atoms with Gasteiger partial charge in [0.25, 0.3) is 0 Å². The van der Waals surface area contributed by atoms with Crippen LogP contribution in [0.4, 0.5) is 4.79 Å². The third-order valence-electron chi connectivity index (χ3n) is 2.45. The van der Waals surface area contributed by atoms with Crippen LogP contribution in [0.3, 0.4) is 0 Å². The molecule has 0 saturated carbocycles. The van der Waals surface area contributed by atoms with E-state index in [0.717, 1.165) is 5.56 Å². The van der Waals surface area contributed by atoms with E-state index in [9.17, 15) is 14.7 Å². The molecule has 6 heteroatoms. The van der Waals surface area contributed by atoms with E-state index in [1.807, 2.05) is 18.2 Å². The summed E-state index contributed by atoms with van der Waals surface area (Å²) >= 11 is 0. The van der Waals surface area contributed by atoms with E-state index >= 15 is 0 Å². The maximum absolute atomic E-state index is 11.7. The molecule has 0 fully saturated rings. The number of primary amides is 1. The van der Waals surface area contributed by atoms with Crippen molar-refractivity contribution < 1.29 is 14.7 Å². The summed E-state index contributed by atoms with van der Waals surface area (Å²) in [4.78, 5) is 22.3. The predicted molar refractivity (Wildman–Crippen MR) is 66.6 cm³/mol. The zero-order chi connectivity index (χ0) is 13.5. The van der Waals surface area contributed by atoms with E-state index in [2.05, 4.69) is 10.6 Å². The van der Waals surface area contributed by atoms with Gasteiger partial charge in [0.1, 0.15) is 6.04 Å². The molecule has 1 rings (SSSR count). The van der Waals surface area contributed by atoms with E-state index in [4.69, 9.17) is 5.73 Å². The van der Waals surface area contributed by atoms with Crippen molar-refractivity contribution in [2.24, 2.45) is 5.73 Å². The molecule has 0 aromatic heterocycles. The lowest BCUT2D eigenvalue weighted by Gasteiger charge is -2.19. The van der Waals surface area contributed by atoms with Gasteiger partial charge < -0.3 is 21.5 Å². The molecule has 2 unspecified atom stereocenters. The minimum atomic E-state index is -0.766. The highest BCUT2D eigenvalue weighted by Crippen LogP contribution is 2.11. The van der Waals surface area contributed by atoms with Crippen molar-refractivity contribution >= 4 is 11.9 Å². The molecule has 0 bridgehead atoms. The Morgan fingerprint density at radius 3 is 2.39 bits per heavy atom. The minimum absolute atomic E-state index is 0.223. The van der Waals surface area contributed by atoms with Gasteiger partial charge in [0, 0.05) is 0 Å². The number of aliphatic hydroxyl groups excluding tert-OH is 1. The molecule has 1 aromatic carbocycles. The molecule has 0 radical (unpaired) electrons. The zero-order valence-electron chi connectivity index (χ0n) is 10.1. The van der Waals surface area contributed by atoms with Gasteiger partial charge in [-0.15, -0.1) is 0 Å². The minimum Gasteiger partial charge on any atom is -0.394 e. The molecule has 0 aliphatic carbocycles. The summed E-state index contributed by atoms with van der Waals surface area (Å²) in [7, 11) is 0. The second-order valence-corrected chi connectivity index (χ2v) is 3.88. The normalized spacial score (nSPS) is 13.4. The highest BCUT2D eigenvalue weighted by molar-refractivity contribution is 5.86. The Morgan fingerprint density at radius 2 is 1.89 bits per heavy atom. The lowest BCUT2D eigenvalue weighted by atomic mass is 10.1. The number of amides is 3. The van der Waals surface area contributed by atoms with Crippen LogP contribution in [0, 0.1) is 0 Å². The molecule has 0 spiro atoms. The average molecular weight is 251 g/mol. The van der Waals surface area contributed by atoms with Crippen molar-refractivity contribution in [3.8, 4) is 0 Å². The molecular weight excluding hydrogens is 234 g/mol. The largest absolute Gasteiger partial charge is 0.394 e. The van der Waals surface area contributed by atoms with Crippen molar-refractivity contribution in [2.75, 3.05) is 6.61 Å². The molecule has 0 aliphatic heterocycles. The predicted octanol–water partition coefficient (Wildman–Crippen LogP) is -0.107. The summed E-state index contributed by atoms with van der Waals surface area (Å²) in [6.45, 7) is 1.29. The second kappa shape index (κ2) is 6.61. The van der Waals surface area contributed by atoms with Gasteiger partial charge in [-0.25, -0.2) is 4.79 Å². The highest BCUT2D eigenvalue weighted by atomic mass is 16.3. The molecule has 18 heavy (non-hydrogen) atoms. The summed E-state index contributed by atoms with van der Waals surface area (Å²) in [6, 6.07) is 7.05. The topological polar surface area (TPSA) is 104 Å². The summed E-state index contributed by atoms with van der Waals surface area (Å²) in [5.74, 6) is -0.406. The standard InChI is InChI=1S/C12H17N3O3/c1-8(14-12(13)18)11(17)15-10(7-16)9-5-3-2-4-6-9/h2-6,8,10,16H,7H2,1H3,(H,15,17)(H3,13,14,18). The number of carbonyl (C=O) groups is 2. The maximum Gasteiger partial charge on any atom is 0.312 e. The van der Waals surface area contributed by atoms with E-state index in [1.54, 1.807) is 12.1 Å². The Morgan fingerprint density at radius 1 is 1.28 bits per heavy atom. The van der Waals surface area contributed by atoms with Gasteiger partial charge in [0.05, 0.1) is 12.6 Å². The number of hydrogen-bond donors (Lipinski definition) is 4. The number of aliphatic hydroxyl groups is 1. The molecule has 0 aliphatic rings. The van der Waals surface area contributed by atoms with Crippen LogP contribution in [-0.2, 0) is 4.79 Å². The fraction of sp³-hybridized carbons (Fsp3) is 0.333. The molecule has 2 atom stereocenters. The van der Waals surface area contributed by atoms with Crippen molar-refractivity contribution in [3.63, 3.8) is 0 Å². The summed E-state index contributed by atoms with van der Waals surface area (Å²) < 4.78 is 0. The summed E-state index contributed by atoms with van der Waals surface area (Å²) in [6.07, 6.45) is 0. The molecular formula is C12H17N3O3. The third kappa shape index (κ3) is 4.06. The first-order valence-electron chi connectivity index (χ1n) is 5.56. The Bertz CT molecular complexity index is 408. The second-order valence-electron chi connectivity index (χ2n) is 3.88. The zero-order valence-corrected chi connectivity index (χ0v) is 10.1. The first-order valence-corrected chi connectivity index (χ1v) is 5.56. The molecule has 6 nitrogen and oxygen atoms in total. The van der Waals surface area contributed by atoms with Gasteiger partial charge in [-0.05, 0) is 12.5 Å². The van der Waals surface area contributed by atoms with Gasteiger partial charge in [0.2, 0.25) is 5.91 Å². The molecule has 0 saturated heterocycles. The fourth-order valence-electron chi connectivity index (χ4n) is 1.50. The van der Waals surface area contributed by atoms with Gasteiger partial charge >= 0.3 is 6.03 Å². The van der Waals surface area contributed by atoms with E-state index in [0.29, 0.717) is 0 Å². The first-order chi connectivity index (χ1) is 8.54. The van der Waals surface area contributed by atoms with Crippen LogP contribution in [0.15, 0.2) is 30.3 Å². The van der Waals surface area contributed by atoms with E-state index in [-0.39, 0.29) is 6.61 Å². The smallest absolute Gasteiger partial charge is 0.312 e. The van der Waals surface area contributed by atoms with Gasteiger partial charge in [-0.3, -0.25) is 4.79 Å². The van der Waals surface area contributed by atoms with Gasteiger partial charge in [-0.2, -0.15) is 0 Å². The number of hydrogen-bond acceptors (Lipinski definition) is 3. The first kappa shape index (κ1) is 14.0. The average Bonchev–Trinajstić information content (AvgIpc) is 2.35. The number of benzene rings is 1. The molecule has 3 amide bonds. The lowest BCUT2D eigenvalue weighted by Crippen LogP contribution is -2.48. The maximum atomic E-state index is 11.7. The highest BCUT2D eigenvalue weighted by Gasteiger charge is 2.18. The Kier molecular flexibility index (Phi) is 5.13. The fourth-order valence-corrected chi connectivity index (χ4v) is 1.50. The van der Waals surface area contributed by atoms with Crippen molar-refractivity contribution in [1.82, 2.24) is 10.6 Å². The van der Waals surface area contributed by atoms with E-state index in [1.165, 1.54) is 6.92 Å². The Balaban J connectivity index is 2.64. The number of nitrogens with two attached hydrogens (primary N) is 1. The quantitative estimate of drug-likeness (QED) is 0.587. The van der Waals surface area contributed by atoms with Crippen LogP contribution < -0.4 is 16.4 Å². The van der Waals surface area contributed by atoms with Crippen LogP contribution >= 0.6 is 0 Å². The molecule has 98 valence electrons. The van der Waals surface area contributed by atoms with Crippen molar-refractivity contribution in [2.45, 2.75) is 19.0 Å².